The Morgan fingerprint density at radius 1 is 1.10 bits per heavy atom. The summed E-state index contributed by atoms with van der Waals surface area (Å²) in [6.07, 6.45) is 0.133. The summed E-state index contributed by atoms with van der Waals surface area (Å²) in [6, 6.07) is 12.6. The van der Waals surface area contributed by atoms with E-state index in [0.717, 1.165) is 16.8 Å². The van der Waals surface area contributed by atoms with Gasteiger partial charge in [0.25, 0.3) is 0 Å². The largest absolute Gasteiger partial charge is 0.465 e. The SMILES string of the molecule is COC(=O)c1cccc(N(CCC(=O)Nc2c(C)cccc2C(C)C)C(C)=O)c1. The standard InChI is InChI=1S/C23H28N2O4/c1-15(2)20-11-6-8-16(3)22(20)24-21(27)12-13-25(17(4)26)19-10-7-9-18(14-19)23(28)29-5/h6-11,14-15H,12-13H2,1-5H3,(H,24,27). The molecule has 0 aliphatic heterocycles. The Morgan fingerprint density at radius 3 is 2.41 bits per heavy atom. The van der Waals surface area contributed by atoms with Gasteiger partial charge in [-0.1, -0.05) is 38.1 Å². The number of benzene rings is 2. The van der Waals surface area contributed by atoms with Crippen molar-refractivity contribution < 1.29 is 19.1 Å². The smallest absolute Gasteiger partial charge is 0.337 e. The van der Waals surface area contributed by atoms with E-state index in [9.17, 15) is 14.4 Å². The van der Waals surface area contributed by atoms with Crippen LogP contribution < -0.4 is 10.2 Å². The van der Waals surface area contributed by atoms with Crippen LogP contribution in [0.3, 0.4) is 0 Å². The highest BCUT2D eigenvalue weighted by molar-refractivity contribution is 5.97. The lowest BCUT2D eigenvalue weighted by atomic mass is 9.98. The number of amides is 2. The van der Waals surface area contributed by atoms with Crippen molar-refractivity contribution in [2.75, 3.05) is 23.9 Å². The number of esters is 1. The Bertz CT molecular complexity index is 906. The molecule has 0 heterocycles. The minimum Gasteiger partial charge on any atom is -0.465 e. The van der Waals surface area contributed by atoms with Gasteiger partial charge in [0, 0.05) is 31.3 Å². The van der Waals surface area contributed by atoms with Gasteiger partial charge < -0.3 is 15.0 Å². The van der Waals surface area contributed by atoms with Gasteiger partial charge in [-0.15, -0.1) is 0 Å². The fourth-order valence-electron chi connectivity index (χ4n) is 3.14. The maximum absolute atomic E-state index is 12.6. The molecule has 2 aromatic carbocycles. The van der Waals surface area contributed by atoms with Crippen molar-refractivity contribution in [3.05, 3.63) is 59.2 Å². The van der Waals surface area contributed by atoms with Crippen molar-refractivity contribution in [2.24, 2.45) is 0 Å². The Labute approximate surface area is 171 Å². The summed E-state index contributed by atoms with van der Waals surface area (Å²) < 4.78 is 4.73. The summed E-state index contributed by atoms with van der Waals surface area (Å²) in [7, 11) is 1.30. The number of para-hydroxylation sites is 1. The highest BCUT2D eigenvalue weighted by atomic mass is 16.5. The monoisotopic (exact) mass is 396 g/mol. The van der Waals surface area contributed by atoms with Crippen molar-refractivity contribution >= 4 is 29.2 Å². The molecule has 154 valence electrons. The first-order valence-electron chi connectivity index (χ1n) is 9.60. The van der Waals surface area contributed by atoms with Crippen LogP contribution in [-0.4, -0.2) is 31.4 Å². The molecule has 0 fully saturated rings. The molecule has 6 heteroatoms. The molecule has 0 radical (unpaired) electrons. The van der Waals surface area contributed by atoms with Crippen LogP contribution in [0.5, 0.6) is 0 Å². The number of hydrogen-bond acceptors (Lipinski definition) is 4. The number of methoxy groups -OCH3 is 1. The minimum atomic E-state index is -0.478. The molecule has 0 aliphatic carbocycles. The maximum atomic E-state index is 12.6. The lowest BCUT2D eigenvalue weighted by Gasteiger charge is -2.22. The zero-order valence-corrected chi connectivity index (χ0v) is 17.6. The molecule has 0 aliphatic rings. The van der Waals surface area contributed by atoms with E-state index in [2.05, 4.69) is 19.2 Å². The lowest BCUT2D eigenvalue weighted by molar-refractivity contribution is -0.117. The molecule has 0 unspecified atom stereocenters. The maximum Gasteiger partial charge on any atom is 0.337 e. The number of aryl methyl sites for hydroxylation is 1. The van der Waals surface area contributed by atoms with E-state index < -0.39 is 5.97 Å². The predicted octanol–water partition coefficient (Wildman–Crippen LogP) is 4.29. The Hall–Kier alpha value is -3.15. The minimum absolute atomic E-state index is 0.133. The van der Waals surface area contributed by atoms with Crippen molar-refractivity contribution in [1.82, 2.24) is 0 Å². The van der Waals surface area contributed by atoms with E-state index in [-0.39, 0.29) is 30.7 Å². The number of rotatable bonds is 7. The Morgan fingerprint density at radius 2 is 1.79 bits per heavy atom. The molecule has 0 saturated carbocycles. The average Bonchev–Trinajstić information content (AvgIpc) is 2.68. The zero-order chi connectivity index (χ0) is 21.6. The average molecular weight is 396 g/mol. The second-order valence-electron chi connectivity index (χ2n) is 7.20. The van der Waals surface area contributed by atoms with Gasteiger partial charge in [-0.25, -0.2) is 4.79 Å². The molecule has 0 spiro atoms. The van der Waals surface area contributed by atoms with Gasteiger partial charge in [-0.3, -0.25) is 9.59 Å². The number of hydrogen-bond donors (Lipinski definition) is 1. The van der Waals surface area contributed by atoms with Gasteiger partial charge in [-0.2, -0.15) is 0 Å². The third-order valence-corrected chi connectivity index (χ3v) is 4.71. The third-order valence-electron chi connectivity index (χ3n) is 4.71. The number of carbonyl (C=O) groups is 3. The molecule has 6 nitrogen and oxygen atoms in total. The molecular weight excluding hydrogens is 368 g/mol. The summed E-state index contributed by atoms with van der Waals surface area (Å²) in [5, 5.41) is 2.99. The van der Waals surface area contributed by atoms with Crippen LogP contribution in [0.15, 0.2) is 42.5 Å². The second kappa shape index (κ2) is 9.87. The first-order chi connectivity index (χ1) is 13.7. The molecule has 1 N–H and O–H groups in total. The van der Waals surface area contributed by atoms with Gasteiger partial charge in [-0.05, 0) is 42.2 Å². The number of nitrogens with zero attached hydrogens (tertiary/aromatic N) is 1. The fourth-order valence-corrected chi connectivity index (χ4v) is 3.14. The Balaban J connectivity index is 2.13. The predicted molar refractivity (Wildman–Crippen MR) is 114 cm³/mol. The van der Waals surface area contributed by atoms with E-state index in [1.54, 1.807) is 24.3 Å². The van der Waals surface area contributed by atoms with Crippen molar-refractivity contribution in [3.8, 4) is 0 Å². The molecule has 2 amide bonds. The Kier molecular flexibility index (Phi) is 7.53. The molecule has 0 aromatic heterocycles. The van der Waals surface area contributed by atoms with E-state index in [0.29, 0.717) is 11.3 Å². The number of ether oxygens (including phenoxy) is 1. The molecule has 2 aromatic rings. The number of anilines is 2. The van der Waals surface area contributed by atoms with E-state index in [1.165, 1.54) is 18.9 Å². The fraction of sp³-hybridized carbons (Fsp3) is 0.348. The summed E-state index contributed by atoms with van der Waals surface area (Å²) >= 11 is 0. The topological polar surface area (TPSA) is 75.7 Å². The van der Waals surface area contributed by atoms with Gasteiger partial charge in [0.1, 0.15) is 0 Å². The van der Waals surface area contributed by atoms with Gasteiger partial charge >= 0.3 is 5.97 Å². The zero-order valence-electron chi connectivity index (χ0n) is 17.6. The van der Waals surface area contributed by atoms with Gasteiger partial charge in [0.2, 0.25) is 11.8 Å². The first-order valence-corrected chi connectivity index (χ1v) is 9.60. The third kappa shape index (κ3) is 5.67. The highest BCUT2D eigenvalue weighted by Gasteiger charge is 2.17. The summed E-state index contributed by atoms with van der Waals surface area (Å²) in [5.41, 5.74) is 3.80. The van der Waals surface area contributed by atoms with Crippen molar-refractivity contribution in [3.63, 3.8) is 0 Å². The van der Waals surface area contributed by atoms with Crippen LogP contribution >= 0.6 is 0 Å². The highest BCUT2D eigenvalue weighted by Crippen LogP contribution is 2.27. The van der Waals surface area contributed by atoms with E-state index in [4.69, 9.17) is 4.74 Å². The quantitative estimate of drug-likeness (QED) is 0.709. The normalized spacial score (nSPS) is 10.6. The summed E-state index contributed by atoms with van der Waals surface area (Å²) in [4.78, 5) is 38.0. The van der Waals surface area contributed by atoms with Crippen LogP contribution in [0.1, 0.15) is 54.6 Å². The van der Waals surface area contributed by atoms with Crippen LogP contribution in [-0.2, 0) is 14.3 Å². The van der Waals surface area contributed by atoms with Crippen molar-refractivity contribution in [2.45, 2.75) is 40.0 Å². The lowest BCUT2D eigenvalue weighted by Crippen LogP contribution is -2.32. The second-order valence-corrected chi connectivity index (χ2v) is 7.20. The molecule has 0 bridgehead atoms. The van der Waals surface area contributed by atoms with E-state index in [1.807, 2.05) is 25.1 Å². The molecule has 0 atom stereocenters. The van der Waals surface area contributed by atoms with Crippen LogP contribution in [0.25, 0.3) is 0 Å². The number of carbonyl (C=O) groups excluding carboxylic acids is 3. The first kappa shape index (κ1) is 22.1. The molecular formula is C23H28N2O4. The molecule has 2 rings (SSSR count). The molecule has 0 saturated heterocycles. The van der Waals surface area contributed by atoms with Crippen LogP contribution in [0.2, 0.25) is 0 Å². The summed E-state index contributed by atoms with van der Waals surface area (Å²) in [5.74, 6) is -0.580. The van der Waals surface area contributed by atoms with Crippen molar-refractivity contribution in [1.29, 1.82) is 0 Å². The van der Waals surface area contributed by atoms with Crippen LogP contribution in [0.4, 0.5) is 11.4 Å². The van der Waals surface area contributed by atoms with E-state index >= 15 is 0 Å². The van der Waals surface area contributed by atoms with Gasteiger partial charge in [0.05, 0.1) is 12.7 Å². The summed E-state index contributed by atoms with van der Waals surface area (Å²) in [6.45, 7) is 7.75. The number of nitrogens with one attached hydrogen (secondary N) is 1. The van der Waals surface area contributed by atoms with Crippen LogP contribution in [0, 0.1) is 6.92 Å². The van der Waals surface area contributed by atoms with Gasteiger partial charge in [0.15, 0.2) is 0 Å². The molecule has 29 heavy (non-hydrogen) atoms.